The summed E-state index contributed by atoms with van der Waals surface area (Å²) in [5, 5.41) is 11.8. The molecule has 24 heavy (non-hydrogen) atoms. The van der Waals surface area contributed by atoms with Gasteiger partial charge in [0.15, 0.2) is 0 Å². The van der Waals surface area contributed by atoms with Crippen LogP contribution < -0.4 is 10.1 Å². The smallest absolute Gasteiger partial charge is 0.127 e. The number of hydrogen-bond acceptors (Lipinski definition) is 4. The first-order valence-corrected chi connectivity index (χ1v) is 7.99. The van der Waals surface area contributed by atoms with E-state index < -0.39 is 0 Å². The standard InChI is InChI=1S/C18H18N4OS/c1-3-6-17(22-16-8-5-4-7-15(16)20-21-22)19-18(24)13-9-11-14(23-2)12-10-13/h3-5,7-12,17H,1,6H2,2H3,(H,19,24). The highest BCUT2D eigenvalue weighted by atomic mass is 32.1. The molecule has 2 aromatic carbocycles. The van der Waals surface area contributed by atoms with Crippen LogP contribution in [-0.2, 0) is 0 Å². The molecule has 3 rings (SSSR count). The first-order chi connectivity index (χ1) is 11.7. The molecule has 0 aliphatic heterocycles. The quantitative estimate of drug-likeness (QED) is 0.551. The van der Waals surface area contributed by atoms with Gasteiger partial charge in [-0.3, -0.25) is 0 Å². The Balaban J connectivity index is 1.85. The fourth-order valence-electron chi connectivity index (χ4n) is 2.47. The summed E-state index contributed by atoms with van der Waals surface area (Å²) in [7, 11) is 1.64. The Morgan fingerprint density at radius 2 is 2.04 bits per heavy atom. The maximum absolute atomic E-state index is 5.54. The lowest BCUT2D eigenvalue weighted by atomic mass is 10.2. The Hall–Kier alpha value is -2.73. The lowest BCUT2D eigenvalue weighted by Crippen LogP contribution is -2.32. The van der Waals surface area contributed by atoms with Crippen LogP contribution in [0.4, 0.5) is 0 Å². The molecule has 1 unspecified atom stereocenters. The molecule has 0 aliphatic carbocycles. The third kappa shape index (κ3) is 3.28. The Morgan fingerprint density at radius 3 is 2.75 bits per heavy atom. The fraction of sp³-hybridized carbons (Fsp3) is 0.167. The SMILES string of the molecule is C=CCC(NC(=S)c1ccc(OC)cc1)n1nnc2ccccc21. The third-order valence-electron chi connectivity index (χ3n) is 3.71. The van der Waals surface area contributed by atoms with Gasteiger partial charge in [-0.15, -0.1) is 11.7 Å². The summed E-state index contributed by atoms with van der Waals surface area (Å²) in [6, 6.07) is 15.5. The van der Waals surface area contributed by atoms with E-state index in [0.717, 1.165) is 22.3 Å². The van der Waals surface area contributed by atoms with Crippen molar-refractivity contribution in [1.82, 2.24) is 20.3 Å². The van der Waals surface area contributed by atoms with E-state index in [1.165, 1.54) is 0 Å². The van der Waals surface area contributed by atoms with Crippen molar-refractivity contribution in [3.8, 4) is 5.75 Å². The van der Waals surface area contributed by atoms with Crippen molar-refractivity contribution >= 4 is 28.2 Å². The molecule has 1 aromatic heterocycles. The molecule has 0 bridgehead atoms. The van der Waals surface area contributed by atoms with E-state index >= 15 is 0 Å². The molecule has 122 valence electrons. The summed E-state index contributed by atoms with van der Waals surface area (Å²) >= 11 is 5.54. The highest BCUT2D eigenvalue weighted by Crippen LogP contribution is 2.18. The van der Waals surface area contributed by atoms with Crippen molar-refractivity contribution in [3.05, 3.63) is 66.7 Å². The van der Waals surface area contributed by atoms with Gasteiger partial charge in [-0.05, 0) is 36.4 Å². The van der Waals surface area contributed by atoms with Gasteiger partial charge < -0.3 is 10.1 Å². The highest BCUT2D eigenvalue weighted by molar-refractivity contribution is 7.80. The van der Waals surface area contributed by atoms with Crippen molar-refractivity contribution in [2.75, 3.05) is 7.11 Å². The monoisotopic (exact) mass is 338 g/mol. The van der Waals surface area contributed by atoms with Crippen LogP contribution in [0.2, 0.25) is 0 Å². The van der Waals surface area contributed by atoms with Gasteiger partial charge in [0.25, 0.3) is 0 Å². The average molecular weight is 338 g/mol. The van der Waals surface area contributed by atoms with Gasteiger partial charge in [0.2, 0.25) is 0 Å². The van der Waals surface area contributed by atoms with Crippen molar-refractivity contribution < 1.29 is 4.74 Å². The zero-order valence-electron chi connectivity index (χ0n) is 13.3. The van der Waals surface area contributed by atoms with Crippen LogP contribution in [0.1, 0.15) is 18.2 Å². The minimum Gasteiger partial charge on any atom is -0.497 e. The van der Waals surface area contributed by atoms with Gasteiger partial charge >= 0.3 is 0 Å². The van der Waals surface area contributed by atoms with E-state index in [2.05, 4.69) is 22.2 Å². The molecule has 5 nitrogen and oxygen atoms in total. The molecule has 0 spiro atoms. The average Bonchev–Trinajstić information content (AvgIpc) is 3.05. The highest BCUT2D eigenvalue weighted by Gasteiger charge is 2.16. The van der Waals surface area contributed by atoms with Crippen LogP contribution in [0.5, 0.6) is 5.75 Å². The van der Waals surface area contributed by atoms with Crippen LogP contribution in [0.25, 0.3) is 11.0 Å². The molecule has 1 N–H and O–H groups in total. The molecule has 1 atom stereocenters. The summed E-state index contributed by atoms with van der Waals surface area (Å²) in [4.78, 5) is 0.643. The lowest BCUT2D eigenvalue weighted by molar-refractivity contribution is 0.414. The van der Waals surface area contributed by atoms with Crippen LogP contribution in [-0.4, -0.2) is 27.1 Å². The largest absolute Gasteiger partial charge is 0.497 e. The maximum atomic E-state index is 5.54. The molecule has 3 aromatic rings. The second kappa shape index (κ2) is 7.23. The molecule has 1 heterocycles. The number of ether oxygens (including phenoxy) is 1. The number of benzene rings is 2. The van der Waals surface area contributed by atoms with E-state index in [4.69, 9.17) is 17.0 Å². The topological polar surface area (TPSA) is 52.0 Å². The van der Waals surface area contributed by atoms with E-state index in [1.54, 1.807) is 7.11 Å². The number of nitrogens with zero attached hydrogens (tertiary/aromatic N) is 3. The molecule has 0 saturated carbocycles. The van der Waals surface area contributed by atoms with Crippen molar-refractivity contribution in [1.29, 1.82) is 0 Å². The minimum absolute atomic E-state index is 0.149. The number of nitrogens with one attached hydrogen (secondary N) is 1. The Bertz CT molecular complexity index is 857. The number of para-hydroxylation sites is 1. The molecule has 0 saturated heterocycles. The van der Waals surface area contributed by atoms with Crippen molar-refractivity contribution in [2.45, 2.75) is 12.6 Å². The summed E-state index contributed by atoms with van der Waals surface area (Å²) in [6.07, 6.45) is 2.36. The molecule has 6 heteroatoms. The van der Waals surface area contributed by atoms with E-state index in [9.17, 15) is 0 Å². The zero-order chi connectivity index (χ0) is 16.9. The zero-order valence-corrected chi connectivity index (χ0v) is 14.2. The number of thiocarbonyl (C=S) groups is 1. The normalized spacial score (nSPS) is 11.9. The number of aromatic nitrogens is 3. The van der Waals surface area contributed by atoms with Crippen molar-refractivity contribution in [2.24, 2.45) is 0 Å². The summed E-state index contributed by atoms with van der Waals surface area (Å²) in [5.74, 6) is 0.798. The Labute approximate surface area is 145 Å². The fourth-order valence-corrected chi connectivity index (χ4v) is 2.74. The molecular formula is C18H18N4OS. The Kier molecular flexibility index (Phi) is 4.86. The van der Waals surface area contributed by atoms with Gasteiger partial charge in [-0.1, -0.05) is 35.6 Å². The van der Waals surface area contributed by atoms with E-state index in [0.29, 0.717) is 11.4 Å². The molecule has 0 aliphatic rings. The summed E-state index contributed by atoms with van der Waals surface area (Å²) in [6.45, 7) is 3.83. The number of methoxy groups -OCH3 is 1. The van der Waals surface area contributed by atoms with E-state index in [-0.39, 0.29) is 6.17 Å². The van der Waals surface area contributed by atoms with Crippen LogP contribution in [0, 0.1) is 0 Å². The molecule has 0 radical (unpaired) electrons. The van der Waals surface area contributed by atoms with Crippen LogP contribution in [0.3, 0.4) is 0 Å². The molecule has 0 amide bonds. The number of fused-ring (bicyclic) bond motifs is 1. The predicted octanol–water partition coefficient (Wildman–Crippen LogP) is 3.48. The summed E-state index contributed by atoms with van der Waals surface area (Å²) in [5.41, 5.74) is 2.72. The predicted molar refractivity (Wildman–Crippen MR) is 99.2 cm³/mol. The second-order valence-corrected chi connectivity index (χ2v) is 5.67. The molecular weight excluding hydrogens is 320 g/mol. The third-order valence-corrected chi connectivity index (χ3v) is 4.07. The van der Waals surface area contributed by atoms with Gasteiger partial charge in [-0.2, -0.15) is 0 Å². The first kappa shape index (κ1) is 16.1. The van der Waals surface area contributed by atoms with Gasteiger partial charge in [-0.25, -0.2) is 4.68 Å². The second-order valence-electron chi connectivity index (χ2n) is 5.26. The summed E-state index contributed by atoms with van der Waals surface area (Å²) < 4.78 is 7.02. The first-order valence-electron chi connectivity index (χ1n) is 7.58. The van der Waals surface area contributed by atoms with Crippen LogP contribution >= 0.6 is 12.2 Å². The van der Waals surface area contributed by atoms with Crippen molar-refractivity contribution in [3.63, 3.8) is 0 Å². The van der Waals surface area contributed by atoms with Gasteiger partial charge in [0.1, 0.15) is 22.4 Å². The van der Waals surface area contributed by atoms with Crippen LogP contribution in [0.15, 0.2) is 61.2 Å². The van der Waals surface area contributed by atoms with E-state index in [1.807, 2.05) is 59.3 Å². The Morgan fingerprint density at radius 1 is 1.29 bits per heavy atom. The maximum Gasteiger partial charge on any atom is 0.127 e. The molecule has 0 fully saturated rings. The number of hydrogen-bond donors (Lipinski definition) is 1. The minimum atomic E-state index is -0.149. The lowest BCUT2D eigenvalue weighted by Gasteiger charge is -2.20. The van der Waals surface area contributed by atoms with Gasteiger partial charge in [0, 0.05) is 12.0 Å². The number of rotatable bonds is 6. The van der Waals surface area contributed by atoms with Gasteiger partial charge in [0.05, 0.1) is 12.6 Å².